The maximum Gasteiger partial charge on any atom is 0.410 e. The number of esters is 1. The Bertz CT molecular complexity index is 1810. The third kappa shape index (κ3) is 6.91. The fourth-order valence-corrected chi connectivity index (χ4v) is 8.58. The smallest absolute Gasteiger partial charge is 0.410 e. The molecule has 4 aliphatic rings. The van der Waals surface area contributed by atoms with Gasteiger partial charge in [0, 0.05) is 60.0 Å². The van der Waals surface area contributed by atoms with Gasteiger partial charge in [-0.25, -0.2) is 9.59 Å². The average Bonchev–Trinajstić information content (AvgIpc) is 3.75. The minimum atomic E-state index is -1.17. The normalized spacial score (nSPS) is 27.3. The summed E-state index contributed by atoms with van der Waals surface area (Å²) in [7, 11) is 0. The van der Waals surface area contributed by atoms with Gasteiger partial charge in [-0.2, -0.15) is 0 Å². The largest absolute Gasteiger partial charge is 0.445 e. The van der Waals surface area contributed by atoms with Gasteiger partial charge in [0.05, 0.1) is 40.1 Å². The molecule has 3 amide bonds. The van der Waals surface area contributed by atoms with Gasteiger partial charge in [-0.1, -0.05) is 6.92 Å². The summed E-state index contributed by atoms with van der Waals surface area (Å²) in [6, 6.07) is 8.53. The standard InChI is InChI=1S/C33H35N5O13S/c1-16-27-26(17(2)39)31(43)36(27)28(32(44)51-21-9-7-20(8-10-21)38(48)49)29(16)52-22-11-23(30(42)34-13-24(40)25(41)14-34)35(12-22)33(45)50-15-18-3-5-19(6-4-18)37(46)47/h3-10,16-17,22-27,39-41H,11-15H2,1-2H3/t16-,17-,22+,23+,24+,25+,26-,27-/m1/s1. The van der Waals surface area contributed by atoms with Crippen LogP contribution in [0.2, 0.25) is 0 Å². The third-order valence-electron chi connectivity index (χ3n) is 9.72. The van der Waals surface area contributed by atoms with Gasteiger partial charge >= 0.3 is 12.1 Å². The second kappa shape index (κ2) is 14.5. The van der Waals surface area contributed by atoms with Gasteiger partial charge in [0.2, 0.25) is 11.8 Å². The van der Waals surface area contributed by atoms with Crippen LogP contribution >= 0.6 is 11.8 Å². The molecule has 0 bridgehead atoms. The van der Waals surface area contributed by atoms with Crippen LogP contribution in [-0.2, 0) is 25.7 Å². The molecule has 2 aromatic rings. The zero-order chi connectivity index (χ0) is 37.6. The molecule has 18 nitrogen and oxygen atoms in total. The van der Waals surface area contributed by atoms with Gasteiger partial charge in [-0.3, -0.25) is 34.7 Å². The summed E-state index contributed by atoms with van der Waals surface area (Å²) in [6.45, 7) is 2.66. The van der Waals surface area contributed by atoms with Crippen LogP contribution in [0.5, 0.6) is 5.75 Å². The summed E-state index contributed by atoms with van der Waals surface area (Å²) >= 11 is 1.18. The van der Waals surface area contributed by atoms with Crippen LogP contribution in [0.25, 0.3) is 0 Å². The highest BCUT2D eigenvalue weighted by molar-refractivity contribution is 8.03. The Labute approximate surface area is 299 Å². The summed E-state index contributed by atoms with van der Waals surface area (Å²) in [4.78, 5) is 79.4. The second-order valence-corrected chi connectivity index (χ2v) is 14.4. The minimum absolute atomic E-state index is 0.00735. The molecule has 6 rings (SSSR count). The molecule has 0 unspecified atom stereocenters. The van der Waals surface area contributed by atoms with Crippen LogP contribution in [0.15, 0.2) is 59.1 Å². The summed E-state index contributed by atoms with van der Waals surface area (Å²) < 4.78 is 11.1. The number of thioether (sulfide) groups is 1. The number of carbonyl (C=O) groups excluding carboxylic acids is 4. The Morgan fingerprint density at radius 1 is 0.962 bits per heavy atom. The number of ether oxygens (including phenoxy) is 2. The molecule has 276 valence electrons. The van der Waals surface area contributed by atoms with Crippen molar-refractivity contribution in [1.82, 2.24) is 14.7 Å². The van der Waals surface area contributed by atoms with Crippen LogP contribution in [0.4, 0.5) is 16.2 Å². The molecule has 0 spiro atoms. The highest BCUT2D eigenvalue weighted by Crippen LogP contribution is 2.52. The Balaban J connectivity index is 1.26. The summed E-state index contributed by atoms with van der Waals surface area (Å²) in [5.41, 5.74) is 0.0192. The molecule has 0 saturated carbocycles. The maximum atomic E-state index is 13.8. The number of β-lactam (4-membered cyclic amide) rings is 1. The number of hydrogen-bond donors (Lipinski definition) is 3. The van der Waals surface area contributed by atoms with Crippen molar-refractivity contribution in [3.05, 3.63) is 84.9 Å². The van der Waals surface area contributed by atoms with Crippen LogP contribution in [0.3, 0.4) is 0 Å². The lowest BCUT2D eigenvalue weighted by Gasteiger charge is -2.46. The highest BCUT2D eigenvalue weighted by Gasteiger charge is 2.61. The van der Waals surface area contributed by atoms with Gasteiger partial charge < -0.3 is 34.6 Å². The van der Waals surface area contributed by atoms with E-state index in [2.05, 4.69) is 0 Å². The molecule has 4 heterocycles. The van der Waals surface area contributed by atoms with E-state index in [1.165, 1.54) is 69.8 Å². The Kier molecular flexibility index (Phi) is 10.2. The van der Waals surface area contributed by atoms with Crippen LogP contribution in [-0.4, -0.2) is 119 Å². The number of hydrogen-bond acceptors (Lipinski definition) is 14. The number of nitro benzene ring substituents is 2. The summed E-state index contributed by atoms with van der Waals surface area (Å²) in [5, 5.41) is 52.2. The number of β-amino-alcohol motifs (C(OH)–C–C–N with tert-alkyl or cyclic N) is 2. The molecule has 0 aromatic heterocycles. The number of aliphatic hydroxyl groups excluding tert-OH is 3. The van der Waals surface area contributed by atoms with Gasteiger partial charge in [0.25, 0.3) is 11.4 Å². The zero-order valence-electron chi connectivity index (χ0n) is 27.8. The van der Waals surface area contributed by atoms with E-state index in [4.69, 9.17) is 9.47 Å². The molecule has 4 aliphatic heterocycles. The van der Waals surface area contributed by atoms with Crippen molar-refractivity contribution in [2.45, 2.75) is 62.5 Å². The number of carbonyl (C=O) groups is 4. The quantitative estimate of drug-likeness (QED) is 0.103. The van der Waals surface area contributed by atoms with Crippen LogP contribution < -0.4 is 4.74 Å². The monoisotopic (exact) mass is 741 g/mol. The molecule has 8 atom stereocenters. The molecule has 3 fully saturated rings. The van der Waals surface area contributed by atoms with Crippen molar-refractivity contribution in [2.24, 2.45) is 11.8 Å². The van der Waals surface area contributed by atoms with Crippen molar-refractivity contribution in [3.63, 3.8) is 0 Å². The van der Waals surface area contributed by atoms with E-state index in [0.717, 1.165) is 12.1 Å². The highest BCUT2D eigenvalue weighted by atomic mass is 32.2. The van der Waals surface area contributed by atoms with E-state index in [0.29, 0.717) is 10.5 Å². The lowest BCUT2D eigenvalue weighted by molar-refractivity contribution is -0.385. The fraction of sp³-hybridized carbons (Fsp3) is 0.455. The Morgan fingerprint density at radius 2 is 1.54 bits per heavy atom. The lowest BCUT2D eigenvalue weighted by atomic mass is 9.79. The van der Waals surface area contributed by atoms with E-state index >= 15 is 0 Å². The predicted molar refractivity (Wildman–Crippen MR) is 179 cm³/mol. The number of aliphatic hydroxyl groups is 3. The van der Waals surface area contributed by atoms with Crippen LogP contribution in [0.1, 0.15) is 25.8 Å². The van der Waals surface area contributed by atoms with E-state index in [-0.39, 0.29) is 55.5 Å². The molecule has 2 aromatic carbocycles. The predicted octanol–water partition coefficient (Wildman–Crippen LogP) is 1.55. The fourth-order valence-electron chi connectivity index (χ4n) is 7.06. The molecule has 3 saturated heterocycles. The first-order valence-electron chi connectivity index (χ1n) is 16.4. The van der Waals surface area contributed by atoms with Crippen molar-refractivity contribution < 1.29 is 53.8 Å². The molecular weight excluding hydrogens is 706 g/mol. The third-order valence-corrected chi connectivity index (χ3v) is 11.2. The second-order valence-electron chi connectivity index (χ2n) is 13.1. The Morgan fingerprint density at radius 3 is 2.10 bits per heavy atom. The van der Waals surface area contributed by atoms with Gasteiger partial charge in [0.1, 0.15) is 24.1 Å². The van der Waals surface area contributed by atoms with Gasteiger partial charge in [0.15, 0.2) is 0 Å². The molecule has 0 aliphatic carbocycles. The number of nitrogens with zero attached hydrogens (tertiary/aromatic N) is 5. The van der Waals surface area contributed by atoms with E-state index in [1.54, 1.807) is 6.92 Å². The van der Waals surface area contributed by atoms with E-state index in [9.17, 15) is 54.7 Å². The maximum absolute atomic E-state index is 13.8. The topological polar surface area (TPSA) is 243 Å². The zero-order valence-corrected chi connectivity index (χ0v) is 28.7. The number of benzene rings is 2. The van der Waals surface area contributed by atoms with Crippen LogP contribution in [0, 0.1) is 32.1 Å². The number of non-ortho nitro benzene ring substituents is 2. The molecule has 0 radical (unpaired) electrons. The molecule has 19 heteroatoms. The summed E-state index contributed by atoms with van der Waals surface area (Å²) in [5.74, 6) is -3.21. The number of likely N-dealkylation sites (tertiary alicyclic amines) is 2. The SMILES string of the molecule is C[C@@H](O)[C@H]1C(=O)N2C(C(=O)Oc3ccc([N+](=O)[O-])cc3)=C(S[C@H]3C[C@@H](C(=O)N4C[C@H](O)[C@@H](O)C4)N(C(=O)OCc4ccc([N+](=O)[O-])cc4)C3)[C@H](C)[C@H]12. The molecule has 52 heavy (non-hydrogen) atoms. The summed E-state index contributed by atoms with van der Waals surface area (Å²) in [6.07, 6.45) is -4.16. The number of nitro groups is 2. The van der Waals surface area contributed by atoms with Crippen molar-refractivity contribution >= 4 is 47.0 Å². The van der Waals surface area contributed by atoms with E-state index in [1.807, 2.05) is 0 Å². The Hall–Kier alpha value is -5.11. The lowest BCUT2D eigenvalue weighted by Crippen LogP contribution is -2.63. The van der Waals surface area contributed by atoms with Crippen molar-refractivity contribution in [2.75, 3.05) is 19.6 Å². The first kappa shape index (κ1) is 36.7. The first-order valence-corrected chi connectivity index (χ1v) is 17.2. The van der Waals surface area contributed by atoms with Gasteiger partial charge in [-0.15, -0.1) is 11.8 Å². The number of amides is 3. The first-order chi connectivity index (χ1) is 24.7. The molecule has 3 N–H and O–H groups in total. The average molecular weight is 742 g/mol. The van der Waals surface area contributed by atoms with Crippen molar-refractivity contribution in [3.8, 4) is 5.75 Å². The number of rotatable bonds is 10. The number of fused-ring (bicyclic) bond motifs is 1. The van der Waals surface area contributed by atoms with Gasteiger partial charge in [-0.05, 0) is 43.2 Å². The molecular formula is C33H35N5O13S. The van der Waals surface area contributed by atoms with Crippen molar-refractivity contribution in [1.29, 1.82) is 0 Å². The minimum Gasteiger partial charge on any atom is -0.445 e. The van der Waals surface area contributed by atoms with E-state index < -0.39 is 81.2 Å².